The molecule has 2 bridgehead atoms. The van der Waals surface area contributed by atoms with Crippen LogP contribution in [0.4, 0.5) is 10.1 Å². The number of rotatable bonds is 4. The van der Waals surface area contributed by atoms with E-state index in [-0.39, 0.29) is 23.6 Å². The minimum Gasteiger partial charge on any atom is -0.367 e. The lowest BCUT2D eigenvalue weighted by Crippen LogP contribution is -2.24. The zero-order valence-electron chi connectivity index (χ0n) is 15.5. The summed E-state index contributed by atoms with van der Waals surface area (Å²) < 4.78 is 20.3. The van der Waals surface area contributed by atoms with Gasteiger partial charge in [-0.3, -0.25) is 9.78 Å². The Bertz CT molecular complexity index is 1400. The molecule has 148 valence electrons. The number of halogens is 1. The third-order valence-electron chi connectivity index (χ3n) is 6.74. The van der Waals surface area contributed by atoms with Gasteiger partial charge in [0.05, 0.1) is 22.5 Å². The molecule has 4 aromatic heterocycles. The van der Waals surface area contributed by atoms with Crippen molar-refractivity contribution in [3.05, 3.63) is 70.9 Å². The second-order valence-corrected chi connectivity index (χ2v) is 8.05. The van der Waals surface area contributed by atoms with Crippen molar-refractivity contribution in [3.8, 4) is 0 Å². The third-order valence-corrected chi connectivity index (χ3v) is 6.74. The number of nitrogens with zero attached hydrogens (tertiary/aromatic N) is 7. The molecule has 4 atom stereocenters. The molecule has 0 radical (unpaired) electrons. The molecule has 6 heterocycles. The van der Waals surface area contributed by atoms with Crippen LogP contribution in [0.5, 0.6) is 0 Å². The van der Waals surface area contributed by atoms with Crippen LogP contribution in [0.25, 0.3) is 10.9 Å². The molecule has 0 amide bonds. The molecule has 2 saturated heterocycles. The normalized spacial score (nSPS) is 28.0. The summed E-state index contributed by atoms with van der Waals surface area (Å²) in [5.41, 5.74) is 1.03. The van der Waals surface area contributed by atoms with Crippen molar-refractivity contribution in [3.63, 3.8) is 0 Å². The fourth-order valence-electron chi connectivity index (χ4n) is 5.33. The molecule has 4 aromatic rings. The van der Waals surface area contributed by atoms with Crippen molar-refractivity contribution >= 4 is 16.6 Å². The maximum atomic E-state index is 13.5. The van der Waals surface area contributed by atoms with Gasteiger partial charge < -0.3 is 9.42 Å². The van der Waals surface area contributed by atoms with E-state index in [9.17, 15) is 9.18 Å². The van der Waals surface area contributed by atoms with Crippen LogP contribution < -0.4 is 10.5 Å². The van der Waals surface area contributed by atoms with Crippen LogP contribution in [0.3, 0.4) is 0 Å². The Morgan fingerprint density at radius 2 is 2.20 bits per heavy atom. The number of pyridine rings is 2. The average molecular weight is 403 g/mol. The molecular weight excluding hydrogens is 389 g/mol. The molecule has 8 rings (SSSR count). The van der Waals surface area contributed by atoms with Crippen LogP contribution in [0.2, 0.25) is 0 Å². The van der Waals surface area contributed by atoms with Crippen LogP contribution >= 0.6 is 0 Å². The summed E-state index contributed by atoms with van der Waals surface area (Å²) in [5.74, 6) is 1.47. The smallest absolute Gasteiger partial charge is 0.276 e. The molecule has 0 spiro atoms. The Hall–Kier alpha value is -3.69. The Balaban J connectivity index is 1.16. The first-order chi connectivity index (χ1) is 14.7. The van der Waals surface area contributed by atoms with E-state index in [0.29, 0.717) is 34.5 Å². The zero-order chi connectivity index (χ0) is 20.0. The SMILES string of the molecule is O=c1c2cccnc2cnn1Cc1nc([C@@]23C4[C@H]2[C@H]3CN4c2ccnc(F)c2)no1. The van der Waals surface area contributed by atoms with Crippen molar-refractivity contribution in [2.24, 2.45) is 11.8 Å². The summed E-state index contributed by atoms with van der Waals surface area (Å²) in [6, 6.07) is 6.98. The molecule has 10 heteroatoms. The number of hydrogen-bond acceptors (Lipinski definition) is 8. The summed E-state index contributed by atoms with van der Waals surface area (Å²) in [4.78, 5) is 27.2. The molecule has 2 saturated carbocycles. The van der Waals surface area contributed by atoms with Gasteiger partial charge in [-0.05, 0) is 24.1 Å². The van der Waals surface area contributed by atoms with E-state index in [1.807, 2.05) is 6.07 Å². The molecule has 1 unspecified atom stereocenters. The van der Waals surface area contributed by atoms with Gasteiger partial charge in [0.25, 0.3) is 5.56 Å². The summed E-state index contributed by atoms with van der Waals surface area (Å²) in [6.07, 6.45) is 4.66. The van der Waals surface area contributed by atoms with Gasteiger partial charge in [-0.15, -0.1) is 0 Å². The van der Waals surface area contributed by atoms with Gasteiger partial charge in [0.2, 0.25) is 11.8 Å². The van der Waals surface area contributed by atoms with Gasteiger partial charge in [0, 0.05) is 42.7 Å². The number of hydrogen-bond donors (Lipinski definition) is 0. The first-order valence-electron chi connectivity index (χ1n) is 9.70. The lowest BCUT2D eigenvalue weighted by atomic mass is 10.1. The number of piperidine rings is 1. The van der Waals surface area contributed by atoms with Crippen LogP contribution in [0, 0.1) is 17.8 Å². The second kappa shape index (κ2) is 5.26. The molecule has 4 fully saturated rings. The highest BCUT2D eigenvalue weighted by atomic mass is 19.1. The van der Waals surface area contributed by atoms with Crippen LogP contribution in [0.15, 0.2) is 52.2 Å². The van der Waals surface area contributed by atoms with E-state index in [1.165, 1.54) is 16.9 Å². The average Bonchev–Trinajstić information content (AvgIpc) is 3.31. The quantitative estimate of drug-likeness (QED) is 0.468. The third kappa shape index (κ3) is 1.90. The highest BCUT2D eigenvalue weighted by Gasteiger charge is 2.95. The highest BCUT2D eigenvalue weighted by molar-refractivity contribution is 5.75. The first kappa shape index (κ1) is 16.1. The molecule has 0 aromatic carbocycles. The summed E-state index contributed by atoms with van der Waals surface area (Å²) in [7, 11) is 0. The summed E-state index contributed by atoms with van der Waals surface area (Å²) in [5, 5.41) is 8.87. The van der Waals surface area contributed by atoms with Crippen molar-refractivity contribution < 1.29 is 8.91 Å². The van der Waals surface area contributed by atoms with Crippen LogP contribution in [0.1, 0.15) is 11.7 Å². The fraction of sp³-hybridized carbons (Fsp3) is 0.300. The second-order valence-electron chi connectivity index (χ2n) is 8.05. The van der Waals surface area contributed by atoms with Crippen molar-refractivity contribution in [2.75, 3.05) is 11.4 Å². The summed E-state index contributed by atoms with van der Waals surface area (Å²) >= 11 is 0. The topological polar surface area (TPSA) is 103 Å². The Morgan fingerprint density at radius 1 is 1.27 bits per heavy atom. The van der Waals surface area contributed by atoms with E-state index in [4.69, 9.17) is 4.52 Å². The maximum Gasteiger partial charge on any atom is 0.276 e. The zero-order valence-corrected chi connectivity index (χ0v) is 15.5. The largest absolute Gasteiger partial charge is 0.367 e. The number of fused-ring (bicyclic) bond motifs is 2. The van der Waals surface area contributed by atoms with Gasteiger partial charge >= 0.3 is 0 Å². The van der Waals surface area contributed by atoms with Gasteiger partial charge in [0.15, 0.2) is 5.82 Å². The monoisotopic (exact) mass is 403 g/mol. The molecule has 2 aliphatic heterocycles. The lowest BCUT2D eigenvalue weighted by molar-refractivity contribution is 0.356. The predicted molar refractivity (Wildman–Crippen MR) is 101 cm³/mol. The molecular formula is C20H14FN7O2. The lowest BCUT2D eigenvalue weighted by Gasteiger charge is -2.18. The van der Waals surface area contributed by atoms with Crippen molar-refractivity contribution in [1.82, 2.24) is 29.9 Å². The molecule has 2 aliphatic carbocycles. The minimum absolute atomic E-state index is 0.103. The van der Waals surface area contributed by atoms with E-state index >= 15 is 0 Å². The summed E-state index contributed by atoms with van der Waals surface area (Å²) in [6.45, 7) is 0.952. The molecule has 30 heavy (non-hydrogen) atoms. The van der Waals surface area contributed by atoms with E-state index in [0.717, 1.165) is 12.2 Å². The van der Waals surface area contributed by atoms with Crippen molar-refractivity contribution in [2.45, 2.75) is 18.0 Å². The maximum absolute atomic E-state index is 13.5. The van der Waals surface area contributed by atoms with Crippen molar-refractivity contribution in [1.29, 1.82) is 0 Å². The molecule has 9 nitrogen and oxygen atoms in total. The Morgan fingerprint density at radius 3 is 3.07 bits per heavy atom. The standard InChI is InChI=1S/C20H14FN7O2/c21-14-6-10(3-5-23-14)27-8-12-16-17(27)20(12,16)19-25-15(30-26-19)9-28-18(29)11-2-1-4-22-13(11)7-24-28/h1-7,12,16-17H,8-9H2/t12-,16-,17?,20-/m1/s1. The fourth-order valence-corrected chi connectivity index (χ4v) is 5.33. The van der Waals surface area contributed by atoms with E-state index < -0.39 is 5.95 Å². The van der Waals surface area contributed by atoms with Crippen LogP contribution in [-0.4, -0.2) is 42.5 Å². The molecule has 4 aliphatic rings. The predicted octanol–water partition coefficient (Wildman–Crippen LogP) is 1.14. The highest BCUT2D eigenvalue weighted by Crippen LogP contribution is 2.85. The van der Waals surface area contributed by atoms with E-state index in [1.54, 1.807) is 24.5 Å². The van der Waals surface area contributed by atoms with Gasteiger partial charge in [-0.1, -0.05) is 5.16 Å². The molecule has 0 N–H and O–H groups in total. The Kier molecular flexibility index (Phi) is 2.83. The van der Waals surface area contributed by atoms with Crippen LogP contribution in [-0.2, 0) is 12.0 Å². The minimum atomic E-state index is -0.481. The van der Waals surface area contributed by atoms with Gasteiger partial charge in [-0.2, -0.15) is 14.5 Å². The van der Waals surface area contributed by atoms with Gasteiger partial charge in [-0.25, -0.2) is 9.67 Å². The Labute approximate surface area is 168 Å². The number of aromatic nitrogens is 6. The van der Waals surface area contributed by atoms with Gasteiger partial charge in [0.1, 0.15) is 6.54 Å². The first-order valence-corrected chi connectivity index (χ1v) is 9.70. The number of anilines is 1. The van der Waals surface area contributed by atoms with E-state index in [2.05, 4.69) is 30.1 Å².